The summed E-state index contributed by atoms with van der Waals surface area (Å²) in [5, 5.41) is 8.06. The number of amides is 2. The number of hydrogen-bond acceptors (Lipinski definition) is 6. The number of fused-ring (bicyclic) bond motifs is 1. The second-order valence-electron chi connectivity index (χ2n) is 10.7. The normalized spacial score (nSPS) is 15.1. The highest BCUT2D eigenvalue weighted by atomic mass is 19.4. The monoisotopic (exact) mass is 547 g/mol. The van der Waals surface area contributed by atoms with Gasteiger partial charge in [-0.2, -0.15) is 18.3 Å². The predicted molar refractivity (Wildman–Crippen MR) is 139 cm³/mol. The molecular formula is C27H32F3N5O4. The fourth-order valence-corrected chi connectivity index (χ4v) is 4.25. The van der Waals surface area contributed by atoms with Crippen LogP contribution in [0.3, 0.4) is 0 Å². The van der Waals surface area contributed by atoms with Crippen LogP contribution in [0.1, 0.15) is 69.7 Å². The maximum absolute atomic E-state index is 13.1. The number of anilines is 1. The summed E-state index contributed by atoms with van der Waals surface area (Å²) >= 11 is 0. The number of carbonyl (C=O) groups excluding carboxylic acids is 2. The first-order chi connectivity index (χ1) is 18.2. The Morgan fingerprint density at radius 1 is 1.10 bits per heavy atom. The summed E-state index contributed by atoms with van der Waals surface area (Å²) in [6, 6.07) is 6.58. The Morgan fingerprint density at radius 3 is 2.41 bits per heavy atom. The summed E-state index contributed by atoms with van der Waals surface area (Å²) in [5.74, 6) is -0.459. The molecule has 0 aliphatic carbocycles. The van der Waals surface area contributed by atoms with Crippen molar-refractivity contribution in [3.8, 4) is 5.75 Å². The van der Waals surface area contributed by atoms with Gasteiger partial charge in [0.2, 0.25) is 0 Å². The van der Waals surface area contributed by atoms with E-state index in [-0.39, 0.29) is 23.9 Å². The second-order valence-corrected chi connectivity index (χ2v) is 10.7. The van der Waals surface area contributed by atoms with E-state index in [9.17, 15) is 22.8 Å². The molecule has 1 aromatic carbocycles. The van der Waals surface area contributed by atoms with E-state index in [0.717, 1.165) is 12.1 Å². The highest BCUT2D eigenvalue weighted by molar-refractivity contribution is 6.05. The molecule has 39 heavy (non-hydrogen) atoms. The van der Waals surface area contributed by atoms with Gasteiger partial charge in [0.05, 0.1) is 23.3 Å². The third kappa shape index (κ3) is 6.98. The van der Waals surface area contributed by atoms with Gasteiger partial charge < -0.3 is 19.7 Å². The smallest absolute Gasteiger partial charge is 0.433 e. The van der Waals surface area contributed by atoms with Crippen molar-refractivity contribution in [3.05, 3.63) is 47.9 Å². The first-order valence-electron chi connectivity index (χ1n) is 12.7. The number of piperidine rings is 1. The van der Waals surface area contributed by atoms with Crippen molar-refractivity contribution in [1.29, 1.82) is 0 Å². The van der Waals surface area contributed by atoms with Crippen LogP contribution in [-0.4, -0.2) is 56.5 Å². The van der Waals surface area contributed by atoms with E-state index in [4.69, 9.17) is 14.6 Å². The van der Waals surface area contributed by atoms with Crippen molar-refractivity contribution in [1.82, 2.24) is 19.7 Å². The van der Waals surface area contributed by atoms with Crippen LogP contribution < -0.4 is 10.1 Å². The number of halogens is 3. The molecule has 1 fully saturated rings. The topological polar surface area (TPSA) is 98.6 Å². The zero-order valence-electron chi connectivity index (χ0n) is 22.5. The molecule has 1 aliphatic heterocycles. The second kappa shape index (κ2) is 10.7. The molecule has 0 unspecified atom stereocenters. The van der Waals surface area contributed by atoms with Gasteiger partial charge in [0.15, 0.2) is 0 Å². The SMILES string of the molecule is CC(C)Oc1cc2nn(C3CCN(C(=O)OC(C)(C)C)CC3)cc2cc1NC(=O)c1cccc(C(F)(F)F)n1. The number of nitrogens with one attached hydrogen (secondary N) is 1. The van der Waals surface area contributed by atoms with Crippen molar-refractivity contribution in [2.45, 2.75) is 71.4 Å². The molecule has 1 aliphatic rings. The zero-order chi connectivity index (χ0) is 28.5. The average molecular weight is 548 g/mol. The van der Waals surface area contributed by atoms with E-state index in [1.807, 2.05) is 45.5 Å². The summed E-state index contributed by atoms with van der Waals surface area (Å²) in [6.07, 6.45) is -2.01. The number of nitrogens with zero attached hydrogens (tertiary/aromatic N) is 4. The lowest BCUT2D eigenvalue weighted by Crippen LogP contribution is -2.42. The van der Waals surface area contributed by atoms with Gasteiger partial charge in [0.1, 0.15) is 22.7 Å². The number of rotatable bonds is 5. The average Bonchev–Trinajstić information content (AvgIpc) is 3.25. The molecule has 0 saturated carbocycles. The molecule has 9 nitrogen and oxygen atoms in total. The highest BCUT2D eigenvalue weighted by Crippen LogP contribution is 2.33. The first kappa shape index (κ1) is 28.2. The molecule has 0 atom stereocenters. The third-order valence-corrected chi connectivity index (χ3v) is 6.00. The number of aromatic nitrogens is 3. The van der Waals surface area contributed by atoms with Gasteiger partial charge in [-0.15, -0.1) is 0 Å². The number of ether oxygens (including phenoxy) is 2. The largest absolute Gasteiger partial charge is 0.489 e. The van der Waals surface area contributed by atoms with E-state index in [0.29, 0.717) is 48.3 Å². The number of carbonyl (C=O) groups is 2. The van der Waals surface area contributed by atoms with E-state index < -0.39 is 23.4 Å². The minimum Gasteiger partial charge on any atom is -0.489 e. The van der Waals surface area contributed by atoms with Crippen LogP contribution in [0.15, 0.2) is 36.5 Å². The summed E-state index contributed by atoms with van der Waals surface area (Å²) in [7, 11) is 0. The summed E-state index contributed by atoms with van der Waals surface area (Å²) in [4.78, 5) is 30.4. The number of likely N-dealkylation sites (tertiary alicyclic amines) is 1. The van der Waals surface area contributed by atoms with E-state index in [1.165, 1.54) is 6.07 Å². The lowest BCUT2D eigenvalue weighted by Gasteiger charge is -2.33. The summed E-state index contributed by atoms with van der Waals surface area (Å²) < 4.78 is 52.4. The Bertz CT molecular complexity index is 1360. The van der Waals surface area contributed by atoms with Crippen molar-refractivity contribution in [2.24, 2.45) is 0 Å². The Kier molecular flexibility index (Phi) is 7.76. The molecule has 1 N–H and O–H groups in total. The molecule has 3 aromatic rings. The fourth-order valence-electron chi connectivity index (χ4n) is 4.25. The van der Waals surface area contributed by atoms with Crippen molar-refractivity contribution >= 4 is 28.6 Å². The van der Waals surface area contributed by atoms with Crippen LogP contribution in [0.25, 0.3) is 10.9 Å². The molecule has 4 rings (SSSR count). The minimum absolute atomic E-state index is 0.0536. The molecule has 12 heteroatoms. The van der Waals surface area contributed by atoms with Crippen LogP contribution in [0, 0.1) is 0 Å². The maximum atomic E-state index is 13.1. The van der Waals surface area contributed by atoms with Crippen LogP contribution in [0.2, 0.25) is 0 Å². The van der Waals surface area contributed by atoms with Crippen molar-refractivity contribution < 1.29 is 32.2 Å². The molecule has 2 aromatic heterocycles. The van der Waals surface area contributed by atoms with Gasteiger partial charge in [-0.25, -0.2) is 9.78 Å². The van der Waals surface area contributed by atoms with E-state index >= 15 is 0 Å². The van der Waals surface area contributed by atoms with Gasteiger partial charge in [-0.3, -0.25) is 9.48 Å². The van der Waals surface area contributed by atoms with Crippen molar-refractivity contribution in [3.63, 3.8) is 0 Å². The lowest BCUT2D eigenvalue weighted by molar-refractivity contribution is -0.141. The predicted octanol–water partition coefficient (Wildman–Crippen LogP) is 6.06. The highest BCUT2D eigenvalue weighted by Gasteiger charge is 2.33. The molecular weight excluding hydrogens is 515 g/mol. The zero-order valence-corrected chi connectivity index (χ0v) is 22.5. The number of alkyl halides is 3. The maximum Gasteiger partial charge on any atom is 0.433 e. The molecule has 210 valence electrons. The Balaban J connectivity index is 1.54. The lowest BCUT2D eigenvalue weighted by atomic mass is 10.1. The summed E-state index contributed by atoms with van der Waals surface area (Å²) in [6.45, 7) is 10.2. The molecule has 0 spiro atoms. The van der Waals surface area contributed by atoms with Crippen LogP contribution >= 0.6 is 0 Å². The van der Waals surface area contributed by atoms with Crippen LogP contribution in [-0.2, 0) is 10.9 Å². The molecule has 2 amide bonds. The Morgan fingerprint density at radius 2 is 1.79 bits per heavy atom. The molecule has 0 bridgehead atoms. The van der Waals surface area contributed by atoms with E-state index in [1.54, 1.807) is 17.0 Å². The number of pyridine rings is 1. The molecule has 1 saturated heterocycles. The van der Waals surface area contributed by atoms with E-state index in [2.05, 4.69) is 10.3 Å². The van der Waals surface area contributed by atoms with Gasteiger partial charge in [0, 0.05) is 30.7 Å². The fraction of sp³-hybridized carbons (Fsp3) is 0.481. The van der Waals surface area contributed by atoms with Crippen LogP contribution in [0.5, 0.6) is 5.75 Å². The summed E-state index contributed by atoms with van der Waals surface area (Å²) in [5.41, 5.74) is -1.15. The minimum atomic E-state index is -4.67. The quantitative estimate of drug-likeness (QED) is 0.417. The van der Waals surface area contributed by atoms with Gasteiger partial charge in [0.25, 0.3) is 5.91 Å². The Labute approximate surface area is 224 Å². The third-order valence-electron chi connectivity index (χ3n) is 6.00. The molecule has 0 radical (unpaired) electrons. The van der Waals surface area contributed by atoms with Gasteiger partial charge in [-0.1, -0.05) is 6.07 Å². The molecule has 3 heterocycles. The van der Waals surface area contributed by atoms with Crippen LogP contribution in [0.4, 0.5) is 23.7 Å². The van der Waals surface area contributed by atoms with Gasteiger partial charge in [-0.05, 0) is 65.7 Å². The number of hydrogen-bond donors (Lipinski definition) is 1. The van der Waals surface area contributed by atoms with Gasteiger partial charge >= 0.3 is 12.3 Å². The first-order valence-corrected chi connectivity index (χ1v) is 12.7. The van der Waals surface area contributed by atoms with Crippen molar-refractivity contribution in [2.75, 3.05) is 18.4 Å². The Hall–Kier alpha value is -3.83. The standard InChI is InChI=1S/C27H32F3N5O4/c1-16(2)38-22-14-20-17(13-21(22)32-24(36)19-7-6-8-23(31-19)27(28,29)30)15-35(33-20)18-9-11-34(12-10-18)25(37)39-26(3,4)5/h6-8,13-16,18H,9-12H2,1-5H3,(H,32,36). The number of benzene rings is 1.